The molecule has 1 amide bonds. The van der Waals surface area contributed by atoms with Gasteiger partial charge in [0.1, 0.15) is 16.5 Å². The van der Waals surface area contributed by atoms with Crippen LogP contribution < -0.4 is 10.5 Å². The average Bonchev–Trinajstić information content (AvgIpc) is 3.03. The molecule has 0 saturated carbocycles. The SMILES string of the molecule is C=CCN(Cc1ccc(OC)cc1)C(=O)c1csc(CN)n1.Cl. The topological polar surface area (TPSA) is 68.5 Å². The minimum absolute atomic E-state index is 0. The first-order chi connectivity index (χ1) is 10.7. The van der Waals surface area contributed by atoms with E-state index in [4.69, 9.17) is 10.5 Å². The molecule has 124 valence electrons. The number of aromatic nitrogens is 1. The van der Waals surface area contributed by atoms with Crippen LogP contribution in [0, 0.1) is 0 Å². The summed E-state index contributed by atoms with van der Waals surface area (Å²) in [7, 11) is 1.62. The van der Waals surface area contributed by atoms with Gasteiger partial charge in [0.2, 0.25) is 0 Å². The zero-order chi connectivity index (χ0) is 15.9. The minimum atomic E-state index is -0.119. The van der Waals surface area contributed by atoms with Gasteiger partial charge in [0.25, 0.3) is 5.91 Å². The summed E-state index contributed by atoms with van der Waals surface area (Å²) in [6, 6.07) is 7.63. The molecule has 23 heavy (non-hydrogen) atoms. The second-order valence-corrected chi connectivity index (χ2v) is 5.60. The molecular formula is C16H20ClN3O2S. The molecule has 5 nitrogen and oxygen atoms in total. The maximum absolute atomic E-state index is 12.5. The predicted molar refractivity (Wildman–Crippen MR) is 95.2 cm³/mol. The highest BCUT2D eigenvalue weighted by atomic mass is 35.5. The number of hydrogen-bond acceptors (Lipinski definition) is 5. The maximum Gasteiger partial charge on any atom is 0.273 e. The summed E-state index contributed by atoms with van der Waals surface area (Å²) in [5.41, 5.74) is 6.99. The molecule has 0 fully saturated rings. The lowest BCUT2D eigenvalue weighted by Crippen LogP contribution is -2.31. The second kappa shape index (κ2) is 9.29. The van der Waals surface area contributed by atoms with Crippen molar-refractivity contribution in [3.05, 3.63) is 58.6 Å². The number of carbonyl (C=O) groups excluding carboxylic acids is 1. The molecule has 2 N–H and O–H groups in total. The Morgan fingerprint density at radius 1 is 1.43 bits per heavy atom. The Morgan fingerprint density at radius 2 is 2.13 bits per heavy atom. The van der Waals surface area contributed by atoms with Crippen molar-refractivity contribution in [2.24, 2.45) is 5.73 Å². The van der Waals surface area contributed by atoms with Crippen LogP contribution in [-0.4, -0.2) is 29.4 Å². The number of rotatable bonds is 7. The summed E-state index contributed by atoms with van der Waals surface area (Å²) in [5.74, 6) is 0.670. The molecule has 0 aliphatic rings. The first-order valence-corrected chi connectivity index (χ1v) is 7.73. The summed E-state index contributed by atoms with van der Waals surface area (Å²) in [4.78, 5) is 18.5. The van der Waals surface area contributed by atoms with Gasteiger partial charge in [-0.15, -0.1) is 30.3 Å². The van der Waals surface area contributed by atoms with E-state index in [2.05, 4.69) is 11.6 Å². The average molecular weight is 354 g/mol. The van der Waals surface area contributed by atoms with Crippen LogP contribution in [0.1, 0.15) is 21.1 Å². The molecule has 7 heteroatoms. The van der Waals surface area contributed by atoms with Crippen LogP contribution in [0.5, 0.6) is 5.75 Å². The first kappa shape index (κ1) is 19.2. The van der Waals surface area contributed by atoms with Gasteiger partial charge in [-0.05, 0) is 17.7 Å². The fourth-order valence-corrected chi connectivity index (χ4v) is 2.64. The van der Waals surface area contributed by atoms with Crippen molar-refractivity contribution < 1.29 is 9.53 Å². The minimum Gasteiger partial charge on any atom is -0.497 e. The number of methoxy groups -OCH3 is 1. The van der Waals surface area contributed by atoms with E-state index in [0.29, 0.717) is 25.3 Å². The summed E-state index contributed by atoms with van der Waals surface area (Å²) >= 11 is 1.40. The number of amides is 1. The van der Waals surface area contributed by atoms with E-state index < -0.39 is 0 Å². The van der Waals surface area contributed by atoms with Crippen molar-refractivity contribution in [3.8, 4) is 5.75 Å². The molecule has 1 aromatic carbocycles. The van der Waals surface area contributed by atoms with Gasteiger partial charge in [0, 0.05) is 25.0 Å². The van der Waals surface area contributed by atoms with Gasteiger partial charge in [-0.1, -0.05) is 18.2 Å². The number of hydrogen-bond donors (Lipinski definition) is 1. The van der Waals surface area contributed by atoms with Crippen LogP contribution >= 0.6 is 23.7 Å². The molecule has 0 unspecified atom stereocenters. The number of carbonyl (C=O) groups is 1. The molecule has 0 bridgehead atoms. The number of nitrogens with zero attached hydrogens (tertiary/aromatic N) is 2. The van der Waals surface area contributed by atoms with Gasteiger partial charge in [-0.3, -0.25) is 4.79 Å². The molecule has 0 aliphatic heterocycles. The van der Waals surface area contributed by atoms with Crippen molar-refractivity contribution in [2.45, 2.75) is 13.1 Å². The Labute approximate surface area is 146 Å². The smallest absolute Gasteiger partial charge is 0.273 e. The monoisotopic (exact) mass is 353 g/mol. The fraction of sp³-hybridized carbons (Fsp3) is 0.250. The van der Waals surface area contributed by atoms with Gasteiger partial charge < -0.3 is 15.4 Å². The summed E-state index contributed by atoms with van der Waals surface area (Å²) < 4.78 is 5.14. The van der Waals surface area contributed by atoms with Gasteiger partial charge in [-0.25, -0.2) is 4.98 Å². The van der Waals surface area contributed by atoms with E-state index in [-0.39, 0.29) is 18.3 Å². The Kier molecular flexibility index (Phi) is 7.74. The Balaban J connectivity index is 0.00000264. The fourth-order valence-electron chi connectivity index (χ4n) is 1.99. The zero-order valence-corrected chi connectivity index (χ0v) is 14.5. The van der Waals surface area contributed by atoms with Crippen LogP contribution in [0.2, 0.25) is 0 Å². The van der Waals surface area contributed by atoms with Gasteiger partial charge in [-0.2, -0.15) is 0 Å². The van der Waals surface area contributed by atoms with E-state index in [1.54, 1.807) is 23.5 Å². The highest BCUT2D eigenvalue weighted by molar-refractivity contribution is 7.09. The third-order valence-electron chi connectivity index (χ3n) is 3.11. The highest BCUT2D eigenvalue weighted by Crippen LogP contribution is 2.16. The largest absolute Gasteiger partial charge is 0.497 e. The van der Waals surface area contributed by atoms with E-state index in [9.17, 15) is 4.79 Å². The molecule has 1 heterocycles. The number of ether oxygens (including phenoxy) is 1. The van der Waals surface area contributed by atoms with E-state index >= 15 is 0 Å². The Morgan fingerprint density at radius 3 is 2.65 bits per heavy atom. The van der Waals surface area contributed by atoms with Crippen LogP contribution in [0.25, 0.3) is 0 Å². The second-order valence-electron chi connectivity index (χ2n) is 4.65. The van der Waals surface area contributed by atoms with Crippen molar-refractivity contribution in [2.75, 3.05) is 13.7 Å². The number of thiazole rings is 1. The van der Waals surface area contributed by atoms with Crippen molar-refractivity contribution in [3.63, 3.8) is 0 Å². The van der Waals surface area contributed by atoms with Gasteiger partial charge in [0.05, 0.1) is 7.11 Å². The normalized spacial score (nSPS) is 9.83. The third kappa shape index (κ3) is 5.06. The van der Waals surface area contributed by atoms with E-state index in [1.807, 2.05) is 24.3 Å². The summed E-state index contributed by atoms with van der Waals surface area (Å²) in [5, 5.41) is 2.50. The van der Waals surface area contributed by atoms with Crippen LogP contribution in [0.3, 0.4) is 0 Å². The standard InChI is InChI=1S/C16H19N3O2S.ClH/c1-3-8-19(10-12-4-6-13(21-2)7-5-12)16(20)14-11-22-15(9-17)18-14;/h3-7,11H,1,8-10,17H2,2H3;1H. The van der Waals surface area contributed by atoms with Crippen molar-refractivity contribution in [1.82, 2.24) is 9.88 Å². The van der Waals surface area contributed by atoms with Gasteiger partial charge >= 0.3 is 0 Å². The Bertz CT molecular complexity index is 643. The third-order valence-corrected chi connectivity index (χ3v) is 3.99. The molecule has 0 atom stereocenters. The van der Waals surface area contributed by atoms with Crippen molar-refractivity contribution >= 4 is 29.7 Å². The molecule has 0 spiro atoms. The lowest BCUT2D eigenvalue weighted by Gasteiger charge is -2.20. The van der Waals surface area contributed by atoms with Gasteiger partial charge in [0.15, 0.2) is 0 Å². The quantitative estimate of drug-likeness (QED) is 0.777. The lowest BCUT2D eigenvalue weighted by atomic mass is 10.2. The summed E-state index contributed by atoms with van der Waals surface area (Å²) in [6.45, 7) is 5.01. The van der Waals surface area contributed by atoms with E-state index in [0.717, 1.165) is 16.3 Å². The van der Waals surface area contributed by atoms with E-state index in [1.165, 1.54) is 11.3 Å². The lowest BCUT2D eigenvalue weighted by molar-refractivity contribution is 0.0757. The van der Waals surface area contributed by atoms with Crippen LogP contribution in [0.15, 0.2) is 42.3 Å². The molecule has 1 aromatic heterocycles. The first-order valence-electron chi connectivity index (χ1n) is 6.85. The molecule has 2 rings (SSSR count). The molecule has 0 saturated heterocycles. The maximum atomic E-state index is 12.5. The van der Waals surface area contributed by atoms with Crippen LogP contribution in [0.4, 0.5) is 0 Å². The number of halogens is 1. The summed E-state index contributed by atoms with van der Waals surface area (Å²) in [6.07, 6.45) is 1.71. The molecule has 2 aromatic rings. The highest BCUT2D eigenvalue weighted by Gasteiger charge is 2.18. The number of nitrogens with two attached hydrogens (primary N) is 1. The zero-order valence-electron chi connectivity index (χ0n) is 12.9. The number of benzene rings is 1. The molecule has 0 aliphatic carbocycles. The van der Waals surface area contributed by atoms with Crippen molar-refractivity contribution in [1.29, 1.82) is 0 Å². The molecule has 0 radical (unpaired) electrons. The Hall–Kier alpha value is -1.89. The molecular weight excluding hydrogens is 334 g/mol. The van der Waals surface area contributed by atoms with Crippen LogP contribution in [-0.2, 0) is 13.1 Å². The predicted octanol–water partition coefficient (Wildman–Crippen LogP) is 2.86.